The third-order valence-corrected chi connectivity index (χ3v) is 2.84. The van der Waals surface area contributed by atoms with Gasteiger partial charge in [0, 0.05) is 23.7 Å². The Bertz CT molecular complexity index is 573. The van der Waals surface area contributed by atoms with E-state index in [9.17, 15) is 4.79 Å². The standard InChI is InChI=1S/C14H17N3O/c1-14(2,9-15)17-13(18)11-7-3-5-10-6-4-8-16-12(10)11/h3-8H,9,15H2,1-2H3,(H,17,18). The number of aromatic nitrogens is 1. The van der Waals surface area contributed by atoms with E-state index in [1.54, 1.807) is 12.3 Å². The fourth-order valence-electron chi connectivity index (χ4n) is 1.71. The lowest BCUT2D eigenvalue weighted by molar-refractivity contribution is 0.0917. The van der Waals surface area contributed by atoms with Crippen LogP contribution in [0.4, 0.5) is 0 Å². The van der Waals surface area contributed by atoms with Crippen LogP contribution in [-0.4, -0.2) is 23.0 Å². The number of hydrogen-bond acceptors (Lipinski definition) is 3. The Morgan fingerprint density at radius 1 is 1.33 bits per heavy atom. The van der Waals surface area contributed by atoms with Crippen LogP contribution in [-0.2, 0) is 0 Å². The van der Waals surface area contributed by atoms with Gasteiger partial charge in [0.25, 0.3) is 5.91 Å². The number of fused-ring (bicyclic) bond motifs is 1. The van der Waals surface area contributed by atoms with Crippen LogP contribution in [0.15, 0.2) is 36.5 Å². The summed E-state index contributed by atoms with van der Waals surface area (Å²) < 4.78 is 0. The van der Waals surface area contributed by atoms with Crippen LogP contribution in [0.3, 0.4) is 0 Å². The van der Waals surface area contributed by atoms with Crippen LogP contribution < -0.4 is 11.1 Å². The first kappa shape index (κ1) is 12.5. The molecule has 0 bridgehead atoms. The number of carbonyl (C=O) groups is 1. The van der Waals surface area contributed by atoms with E-state index in [-0.39, 0.29) is 5.91 Å². The van der Waals surface area contributed by atoms with E-state index < -0.39 is 5.54 Å². The summed E-state index contributed by atoms with van der Waals surface area (Å²) in [5.41, 5.74) is 6.48. The molecule has 0 saturated heterocycles. The highest BCUT2D eigenvalue weighted by atomic mass is 16.1. The van der Waals surface area contributed by atoms with E-state index in [2.05, 4.69) is 10.3 Å². The number of amides is 1. The predicted molar refractivity (Wildman–Crippen MR) is 72.3 cm³/mol. The monoisotopic (exact) mass is 243 g/mol. The minimum atomic E-state index is -0.423. The number of nitrogens with one attached hydrogen (secondary N) is 1. The van der Waals surface area contributed by atoms with Crippen LogP contribution in [0.5, 0.6) is 0 Å². The lowest BCUT2D eigenvalue weighted by Gasteiger charge is -2.24. The summed E-state index contributed by atoms with van der Waals surface area (Å²) in [5.74, 6) is -0.144. The van der Waals surface area contributed by atoms with Crippen LogP contribution in [0.2, 0.25) is 0 Å². The predicted octanol–water partition coefficient (Wildman–Crippen LogP) is 1.70. The first-order chi connectivity index (χ1) is 8.53. The molecule has 0 aliphatic rings. The van der Waals surface area contributed by atoms with E-state index in [0.717, 1.165) is 5.39 Å². The van der Waals surface area contributed by atoms with Crippen molar-refractivity contribution in [1.29, 1.82) is 0 Å². The highest BCUT2D eigenvalue weighted by molar-refractivity contribution is 6.05. The molecule has 1 amide bonds. The molecule has 0 radical (unpaired) electrons. The summed E-state index contributed by atoms with van der Waals surface area (Å²) in [7, 11) is 0. The SMILES string of the molecule is CC(C)(CN)NC(=O)c1cccc2cccnc12. The van der Waals surface area contributed by atoms with Crippen molar-refractivity contribution < 1.29 is 4.79 Å². The molecule has 0 aliphatic carbocycles. The Balaban J connectivity index is 2.39. The molecule has 3 N–H and O–H groups in total. The second-order valence-corrected chi connectivity index (χ2v) is 4.92. The molecule has 2 aromatic rings. The van der Waals surface area contributed by atoms with Gasteiger partial charge in [0.2, 0.25) is 0 Å². The van der Waals surface area contributed by atoms with E-state index in [0.29, 0.717) is 17.6 Å². The molecule has 0 unspecified atom stereocenters. The van der Waals surface area contributed by atoms with E-state index in [1.165, 1.54) is 0 Å². The van der Waals surface area contributed by atoms with Crippen molar-refractivity contribution in [3.63, 3.8) is 0 Å². The lowest BCUT2D eigenvalue weighted by Crippen LogP contribution is -2.48. The maximum absolute atomic E-state index is 12.2. The highest BCUT2D eigenvalue weighted by Crippen LogP contribution is 2.16. The topological polar surface area (TPSA) is 68.0 Å². The molecule has 4 heteroatoms. The molecule has 18 heavy (non-hydrogen) atoms. The second-order valence-electron chi connectivity index (χ2n) is 4.92. The molecule has 1 heterocycles. The van der Waals surface area contributed by atoms with Crippen LogP contribution in [0.25, 0.3) is 10.9 Å². The zero-order valence-electron chi connectivity index (χ0n) is 10.6. The number of hydrogen-bond donors (Lipinski definition) is 2. The van der Waals surface area contributed by atoms with E-state index in [4.69, 9.17) is 5.73 Å². The van der Waals surface area contributed by atoms with Crippen LogP contribution in [0, 0.1) is 0 Å². The Hall–Kier alpha value is -1.94. The van der Waals surface area contributed by atoms with Crippen LogP contribution in [0.1, 0.15) is 24.2 Å². The molecule has 2 rings (SSSR count). The zero-order valence-corrected chi connectivity index (χ0v) is 10.6. The van der Waals surface area contributed by atoms with Gasteiger partial charge in [-0.3, -0.25) is 9.78 Å². The van der Waals surface area contributed by atoms with E-state index >= 15 is 0 Å². The first-order valence-electron chi connectivity index (χ1n) is 5.90. The average molecular weight is 243 g/mol. The molecule has 4 nitrogen and oxygen atoms in total. The maximum atomic E-state index is 12.2. The smallest absolute Gasteiger partial charge is 0.253 e. The number of para-hydroxylation sites is 1. The second kappa shape index (κ2) is 4.74. The van der Waals surface area contributed by atoms with Crippen molar-refractivity contribution in [2.45, 2.75) is 19.4 Å². The van der Waals surface area contributed by atoms with Crippen molar-refractivity contribution in [3.8, 4) is 0 Å². The lowest BCUT2D eigenvalue weighted by atomic mass is 10.0. The van der Waals surface area contributed by atoms with Gasteiger partial charge in [-0.2, -0.15) is 0 Å². The van der Waals surface area contributed by atoms with Gasteiger partial charge >= 0.3 is 0 Å². The van der Waals surface area contributed by atoms with Crippen molar-refractivity contribution in [3.05, 3.63) is 42.1 Å². The van der Waals surface area contributed by atoms with Crippen molar-refractivity contribution in [1.82, 2.24) is 10.3 Å². The number of nitrogens with zero attached hydrogens (tertiary/aromatic N) is 1. The van der Waals surface area contributed by atoms with Crippen molar-refractivity contribution >= 4 is 16.8 Å². The molecule has 0 atom stereocenters. The quantitative estimate of drug-likeness (QED) is 0.862. The molecule has 0 spiro atoms. The van der Waals surface area contributed by atoms with Gasteiger partial charge in [-0.15, -0.1) is 0 Å². The molecule has 0 fully saturated rings. The summed E-state index contributed by atoms with van der Waals surface area (Å²) in [5, 5.41) is 3.86. The third kappa shape index (κ3) is 2.49. The minimum absolute atomic E-state index is 0.144. The average Bonchev–Trinajstić information content (AvgIpc) is 2.37. The summed E-state index contributed by atoms with van der Waals surface area (Å²) in [6.45, 7) is 4.17. The van der Waals surface area contributed by atoms with Crippen LogP contribution >= 0.6 is 0 Å². The Morgan fingerprint density at radius 2 is 2.06 bits per heavy atom. The minimum Gasteiger partial charge on any atom is -0.346 e. The molecule has 1 aromatic heterocycles. The molecular weight excluding hydrogens is 226 g/mol. The summed E-state index contributed by atoms with van der Waals surface area (Å²) >= 11 is 0. The summed E-state index contributed by atoms with van der Waals surface area (Å²) in [6.07, 6.45) is 1.69. The Kier molecular flexibility index (Phi) is 3.30. The fraction of sp³-hybridized carbons (Fsp3) is 0.286. The normalized spacial score (nSPS) is 11.5. The van der Waals surface area contributed by atoms with Crippen molar-refractivity contribution in [2.75, 3.05) is 6.54 Å². The van der Waals surface area contributed by atoms with Gasteiger partial charge in [0.15, 0.2) is 0 Å². The molecule has 0 saturated carbocycles. The zero-order chi connectivity index (χ0) is 13.2. The molecular formula is C14H17N3O. The number of rotatable bonds is 3. The molecule has 94 valence electrons. The van der Waals surface area contributed by atoms with Gasteiger partial charge in [-0.05, 0) is 26.0 Å². The third-order valence-electron chi connectivity index (χ3n) is 2.84. The molecule has 0 aliphatic heterocycles. The molecule has 1 aromatic carbocycles. The Labute approximate surface area is 106 Å². The Morgan fingerprint density at radius 3 is 2.78 bits per heavy atom. The van der Waals surface area contributed by atoms with Gasteiger partial charge < -0.3 is 11.1 Å². The number of benzene rings is 1. The summed E-state index contributed by atoms with van der Waals surface area (Å²) in [6, 6.07) is 9.36. The van der Waals surface area contributed by atoms with Gasteiger partial charge in [0.05, 0.1) is 11.1 Å². The van der Waals surface area contributed by atoms with E-state index in [1.807, 2.05) is 38.1 Å². The number of nitrogens with two attached hydrogens (primary N) is 1. The highest BCUT2D eigenvalue weighted by Gasteiger charge is 2.20. The fourth-order valence-corrected chi connectivity index (χ4v) is 1.71. The summed E-state index contributed by atoms with van der Waals surface area (Å²) in [4.78, 5) is 16.5. The first-order valence-corrected chi connectivity index (χ1v) is 5.90. The van der Waals surface area contributed by atoms with Gasteiger partial charge in [-0.25, -0.2) is 0 Å². The largest absolute Gasteiger partial charge is 0.346 e. The number of pyridine rings is 1. The maximum Gasteiger partial charge on any atom is 0.253 e. The van der Waals surface area contributed by atoms with Gasteiger partial charge in [-0.1, -0.05) is 18.2 Å². The van der Waals surface area contributed by atoms with Crippen molar-refractivity contribution in [2.24, 2.45) is 5.73 Å². The van der Waals surface area contributed by atoms with Gasteiger partial charge in [0.1, 0.15) is 0 Å². The number of carbonyl (C=O) groups excluding carboxylic acids is 1.